The second kappa shape index (κ2) is 7.58. The second-order valence-corrected chi connectivity index (χ2v) is 5.69. The Bertz CT molecular complexity index is 841. The lowest BCUT2D eigenvalue weighted by Gasteiger charge is -2.22. The average Bonchev–Trinajstić information content (AvgIpc) is 2.60. The van der Waals surface area contributed by atoms with E-state index in [1.54, 1.807) is 0 Å². The van der Waals surface area contributed by atoms with Crippen LogP contribution in [0.15, 0.2) is 42.7 Å². The van der Waals surface area contributed by atoms with Crippen LogP contribution in [0, 0.1) is 10.1 Å². The molecule has 11 heteroatoms. The van der Waals surface area contributed by atoms with Crippen molar-refractivity contribution in [3.05, 3.63) is 58.4 Å². The Morgan fingerprint density at radius 3 is 2.48 bits per heavy atom. The first kappa shape index (κ1) is 20.1. The van der Waals surface area contributed by atoms with E-state index in [0.717, 1.165) is 13.0 Å². The fourth-order valence-electron chi connectivity index (χ4n) is 1.99. The van der Waals surface area contributed by atoms with Gasteiger partial charge in [0.1, 0.15) is 17.9 Å². The summed E-state index contributed by atoms with van der Waals surface area (Å²) in [6, 6.07) is 4.96. The van der Waals surface area contributed by atoms with Crippen LogP contribution in [0.25, 0.3) is 0 Å². The third kappa shape index (κ3) is 5.14. The molecule has 2 N–H and O–H groups in total. The van der Waals surface area contributed by atoms with Crippen LogP contribution in [0.2, 0.25) is 0 Å². The zero-order valence-corrected chi connectivity index (χ0v) is 13.9. The lowest BCUT2D eigenvalue weighted by molar-refractivity contribution is -0.388. The van der Waals surface area contributed by atoms with Crippen molar-refractivity contribution in [2.75, 3.05) is 11.9 Å². The van der Waals surface area contributed by atoms with Gasteiger partial charge in [0.25, 0.3) is 11.6 Å². The van der Waals surface area contributed by atoms with E-state index < -0.39 is 40.5 Å². The smallest absolute Gasteiger partial charge is 0.423 e. The summed E-state index contributed by atoms with van der Waals surface area (Å²) < 4.78 is 44.2. The molecule has 0 aliphatic heterocycles. The number of nitrogens with one attached hydrogen (secondary N) is 1. The Kier molecular flexibility index (Phi) is 5.64. The molecule has 2 rings (SSSR count). The van der Waals surface area contributed by atoms with Gasteiger partial charge < -0.3 is 15.2 Å². The molecule has 0 aliphatic carbocycles. The highest BCUT2D eigenvalue weighted by Crippen LogP contribution is 2.37. The molecule has 8 nitrogen and oxygen atoms in total. The Labute approximate surface area is 150 Å². The van der Waals surface area contributed by atoms with Crippen molar-refractivity contribution in [1.29, 1.82) is 0 Å². The Morgan fingerprint density at radius 1 is 1.30 bits per heavy atom. The molecule has 144 valence electrons. The van der Waals surface area contributed by atoms with Gasteiger partial charge in [-0.1, -0.05) is 0 Å². The molecular weight excluding hydrogens is 371 g/mol. The van der Waals surface area contributed by atoms with Crippen molar-refractivity contribution in [1.82, 2.24) is 4.98 Å². The van der Waals surface area contributed by atoms with Gasteiger partial charge in [-0.05, 0) is 31.2 Å². The monoisotopic (exact) mass is 385 g/mol. The maximum absolute atomic E-state index is 13.0. The van der Waals surface area contributed by atoms with Crippen molar-refractivity contribution in [3.63, 3.8) is 0 Å². The third-order valence-electron chi connectivity index (χ3n) is 3.42. The maximum Gasteiger partial charge on any atom is 0.423 e. The molecule has 0 saturated heterocycles. The molecular formula is C16H14F3N3O5. The SMILES string of the molecule is C[C@](O)(COc1ccncc1)C(=O)Nc1ccc([N+](=O)[O-])c(C(F)(F)F)c1. The standard InChI is InChI=1S/C16H14F3N3O5/c1-15(24,9-27-11-4-6-20-7-5-11)14(23)21-10-2-3-13(22(25)26)12(8-10)16(17,18)19/h2-8,24H,9H2,1H3,(H,21,23)/t15-/m0/s1. The highest BCUT2D eigenvalue weighted by atomic mass is 19.4. The minimum atomic E-state index is -4.99. The predicted octanol–water partition coefficient (Wildman–Crippen LogP) is 2.78. The van der Waals surface area contributed by atoms with E-state index in [2.05, 4.69) is 10.3 Å². The number of hydrogen-bond donors (Lipinski definition) is 2. The van der Waals surface area contributed by atoms with Crippen molar-refractivity contribution in [2.45, 2.75) is 18.7 Å². The lowest BCUT2D eigenvalue weighted by Crippen LogP contribution is -2.45. The molecule has 0 fully saturated rings. The first-order valence-corrected chi connectivity index (χ1v) is 7.43. The number of nitro groups is 1. The quantitative estimate of drug-likeness (QED) is 0.584. The zero-order chi connectivity index (χ0) is 20.2. The van der Waals surface area contributed by atoms with E-state index in [9.17, 15) is 33.2 Å². The summed E-state index contributed by atoms with van der Waals surface area (Å²) in [6.07, 6.45) is -2.13. The number of nitro benzene ring substituents is 1. The first-order valence-electron chi connectivity index (χ1n) is 7.43. The molecule has 0 bridgehead atoms. The average molecular weight is 385 g/mol. The summed E-state index contributed by atoms with van der Waals surface area (Å²) in [5.41, 5.74) is -5.10. The molecule has 0 spiro atoms. The number of carbonyl (C=O) groups excluding carboxylic acids is 1. The molecule has 1 amide bonds. The lowest BCUT2D eigenvalue weighted by atomic mass is 10.1. The number of halogens is 3. The van der Waals surface area contributed by atoms with Crippen LogP contribution in [0.3, 0.4) is 0 Å². The predicted molar refractivity (Wildman–Crippen MR) is 87.1 cm³/mol. The number of nitrogens with zero attached hydrogens (tertiary/aromatic N) is 2. The number of ether oxygens (including phenoxy) is 1. The van der Waals surface area contributed by atoms with Crippen LogP contribution in [0.5, 0.6) is 5.75 Å². The van der Waals surface area contributed by atoms with Gasteiger partial charge in [-0.25, -0.2) is 0 Å². The van der Waals surface area contributed by atoms with Crippen LogP contribution in [0.1, 0.15) is 12.5 Å². The summed E-state index contributed by atoms with van der Waals surface area (Å²) >= 11 is 0. The Balaban J connectivity index is 2.15. The van der Waals surface area contributed by atoms with Gasteiger partial charge in [-0.15, -0.1) is 0 Å². The number of hydrogen-bond acceptors (Lipinski definition) is 6. The minimum Gasteiger partial charge on any atom is -0.490 e. The summed E-state index contributed by atoms with van der Waals surface area (Å²) in [7, 11) is 0. The Hall–Kier alpha value is -3.21. The topological polar surface area (TPSA) is 115 Å². The van der Waals surface area contributed by atoms with Crippen molar-refractivity contribution in [2.24, 2.45) is 0 Å². The molecule has 0 aliphatic rings. The molecule has 2 aromatic rings. The molecule has 27 heavy (non-hydrogen) atoms. The highest BCUT2D eigenvalue weighted by molar-refractivity contribution is 5.97. The first-order chi connectivity index (χ1) is 12.5. The van der Waals surface area contributed by atoms with Gasteiger partial charge in [-0.3, -0.25) is 19.9 Å². The van der Waals surface area contributed by atoms with E-state index in [1.807, 2.05) is 0 Å². The summed E-state index contributed by atoms with van der Waals surface area (Å²) in [5.74, 6) is -0.716. The summed E-state index contributed by atoms with van der Waals surface area (Å²) in [5, 5.41) is 23.0. The van der Waals surface area contributed by atoms with Crippen molar-refractivity contribution in [3.8, 4) is 5.75 Å². The van der Waals surface area contributed by atoms with Gasteiger partial charge in [0.2, 0.25) is 0 Å². The van der Waals surface area contributed by atoms with Crippen LogP contribution >= 0.6 is 0 Å². The van der Waals surface area contributed by atoms with E-state index >= 15 is 0 Å². The fraction of sp³-hybridized carbons (Fsp3) is 0.250. The number of aromatic nitrogens is 1. The molecule has 1 aromatic heterocycles. The van der Waals surface area contributed by atoms with E-state index in [1.165, 1.54) is 24.5 Å². The summed E-state index contributed by atoms with van der Waals surface area (Å²) in [6.45, 7) is 0.627. The number of pyridine rings is 1. The zero-order valence-electron chi connectivity index (χ0n) is 13.9. The number of alkyl halides is 3. The molecule has 0 unspecified atom stereocenters. The highest BCUT2D eigenvalue weighted by Gasteiger charge is 2.39. The van der Waals surface area contributed by atoms with Crippen molar-refractivity contribution < 1.29 is 32.7 Å². The molecule has 1 aromatic carbocycles. The largest absolute Gasteiger partial charge is 0.490 e. The fourth-order valence-corrected chi connectivity index (χ4v) is 1.99. The molecule has 0 saturated carbocycles. The van der Waals surface area contributed by atoms with E-state index in [-0.39, 0.29) is 5.69 Å². The maximum atomic E-state index is 13.0. The molecule has 0 radical (unpaired) electrons. The number of rotatable bonds is 6. The van der Waals surface area contributed by atoms with Crippen LogP contribution in [-0.4, -0.2) is 33.1 Å². The minimum absolute atomic E-state index is 0.327. The second-order valence-electron chi connectivity index (χ2n) is 5.69. The van der Waals surface area contributed by atoms with Crippen molar-refractivity contribution >= 4 is 17.3 Å². The van der Waals surface area contributed by atoms with E-state index in [4.69, 9.17) is 4.74 Å². The van der Waals surface area contributed by atoms with E-state index in [0.29, 0.717) is 17.9 Å². The van der Waals surface area contributed by atoms with Gasteiger partial charge in [0, 0.05) is 24.1 Å². The number of carbonyl (C=O) groups is 1. The Morgan fingerprint density at radius 2 is 1.93 bits per heavy atom. The molecule has 1 heterocycles. The normalized spacial score (nSPS) is 13.5. The van der Waals surface area contributed by atoms with Gasteiger partial charge in [-0.2, -0.15) is 13.2 Å². The number of aliphatic hydroxyl groups is 1. The van der Waals surface area contributed by atoms with Gasteiger partial charge >= 0.3 is 6.18 Å². The van der Waals surface area contributed by atoms with Crippen LogP contribution in [0.4, 0.5) is 24.5 Å². The third-order valence-corrected chi connectivity index (χ3v) is 3.42. The van der Waals surface area contributed by atoms with Crippen LogP contribution < -0.4 is 10.1 Å². The number of anilines is 1. The molecule has 1 atom stereocenters. The number of amides is 1. The van der Waals surface area contributed by atoms with Gasteiger partial charge in [0.05, 0.1) is 4.92 Å². The number of benzene rings is 1. The van der Waals surface area contributed by atoms with Gasteiger partial charge in [0.15, 0.2) is 5.60 Å². The van der Waals surface area contributed by atoms with Crippen LogP contribution in [-0.2, 0) is 11.0 Å². The summed E-state index contributed by atoms with van der Waals surface area (Å²) in [4.78, 5) is 25.5.